The van der Waals surface area contributed by atoms with Gasteiger partial charge >= 0.3 is 0 Å². The van der Waals surface area contributed by atoms with Gasteiger partial charge in [-0.2, -0.15) is 0 Å². The number of hydrogen-bond donors (Lipinski definition) is 1. The Balaban J connectivity index is 1.83. The molecule has 0 unspecified atom stereocenters. The zero-order chi connectivity index (χ0) is 12.1. The Morgan fingerprint density at radius 2 is 2.06 bits per heavy atom. The molecule has 0 bridgehead atoms. The number of halogens is 1. The van der Waals surface area contributed by atoms with Gasteiger partial charge in [-0.1, -0.05) is 12.1 Å². The summed E-state index contributed by atoms with van der Waals surface area (Å²) in [5, 5.41) is 3.37. The molecule has 0 fully saturated rings. The van der Waals surface area contributed by atoms with Crippen molar-refractivity contribution < 1.29 is 0 Å². The molecule has 0 aliphatic heterocycles. The largest absolute Gasteiger partial charge is 0.385 e. The smallest absolute Gasteiger partial charge is 0.110 e. The molecule has 0 amide bonds. The zero-order valence-corrected chi connectivity index (χ0v) is 10.6. The maximum absolute atomic E-state index is 5.74. The predicted molar refractivity (Wildman–Crippen MR) is 71.4 cm³/mol. The van der Waals surface area contributed by atoms with E-state index in [2.05, 4.69) is 22.4 Å². The third-order valence-corrected chi connectivity index (χ3v) is 3.02. The maximum Gasteiger partial charge on any atom is 0.110 e. The van der Waals surface area contributed by atoms with Crippen LogP contribution in [-0.2, 0) is 19.3 Å². The molecule has 1 N–H and O–H groups in total. The van der Waals surface area contributed by atoms with Crippen molar-refractivity contribution in [3.63, 3.8) is 0 Å². The molecule has 0 aliphatic rings. The molecule has 3 nitrogen and oxygen atoms in total. The number of aryl methyl sites for hydroxylation is 1. The van der Waals surface area contributed by atoms with E-state index in [4.69, 9.17) is 11.6 Å². The summed E-state index contributed by atoms with van der Waals surface area (Å²) in [4.78, 5) is 4.28. The van der Waals surface area contributed by atoms with E-state index in [9.17, 15) is 0 Å². The third kappa shape index (κ3) is 3.24. The van der Waals surface area contributed by atoms with Crippen molar-refractivity contribution >= 4 is 17.3 Å². The highest BCUT2D eigenvalue weighted by atomic mass is 35.5. The molecule has 0 atom stereocenters. The summed E-state index contributed by atoms with van der Waals surface area (Å²) in [6.07, 6.45) is 4.70. The van der Waals surface area contributed by atoms with Crippen LogP contribution in [0.2, 0.25) is 0 Å². The fraction of sp³-hybridized carbons (Fsp3) is 0.308. The second-order valence-electron chi connectivity index (χ2n) is 3.96. The van der Waals surface area contributed by atoms with Gasteiger partial charge in [-0.3, -0.25) is 0 Å². The summed E-state index contributed by atoms with van der Waals surface area (Å²) in [7, 11) is 2.01. The van der Waals surface area contributed by atoms with Crippen LogP contribution in [0.25, 0.3) is 0 Å². The summed E-state index contributed by atoms with van der Waals surface area (Å²) >= 11 is 5.74. The van der Waals surface area contributed by atoms with E-state index in [0.717, 1.165) is 30.0 Å². The summed E-state index contributed by atoms with van der Waals surface area (Å²) < 4.78 is 2.04. The summed E-state index contributed by atoms with van der Waals surface area (Å²) in [5.41, 5.74) is 2.26. The molecule has 2 aromatic rings. The van der Waals surface area contributed by atoms with Gasteiger partial charge in [-0.05, 0) is 17.7 Å². The van der Waals surface area contributed by atoms with Gasteiger partial charge in [0, 0.05) is 44.0 Å². The molecule has 4 heteroatoms. The second kappa shape index (κ2) is 5.73. The zero-order valence-electron chi connectivity index (χ0n) is 9.86. The summed E-state index contributed by atoms with van der Waals surface area (Å²) in [6.45, 7) is 0.880. The van der Waals surface area contributed by atoms with Gasteiger partial charge in [0.15, 0.2) is 0 Å². The number of rotatable bonds is 5. The van der Waals surface area contributed by atoms with Crippen LogP contribution in [-0.4, -0.2) is 16.1 Å². The van der Waals surface area contributed by atoms with Crippen molar-refractivity contribution in [3.8, 4) is 0 Å². The predicted octanol–water partition coefficient (Wildman–Crippen LogP) is 2.81. The normalized spacial score (nSPS) is 10.5. The first kappa shape index (κ1) is 12.0. The minimum absolute atomic E-state index is 0.563. The summed E-state index contributed by atoms with van der Waals surface area (Å²) in [5.74, 6) is 1.66. The first-order chi connectivity index (χ1) is 8.29. The fourth-order valence-electron chi connectivity index (χ4n) is 1.67. The number of nitrogens with one attached hydrogen (secondary N) is 1. The molecule has 0 radical (unpaired) electrons. The Morgan fingerprint density at radius 3 is 2.65 bits per heavy atom. The highest BCUT2D eigenvalue weighted by Gasteiger charge is 1.98. The fourth-order valence-corrected chi connectivity index (χ4v) is 1.85. The first-order valence-electron chi connectivity index (χ1n) is 5.64. The van der Waals surface area contributed by atoms with Crippen molar-refractivity contribution in [1.29, 1.82) is 0 Å². The van der Waals surface area contributed by atoms with E-state index in [1.165, 1.54) is 0 Å². The molecule has 17 heavy (non-hydrogen) atoms. The Hall–Kier alpha value is -1.48. The van der Waals surface area contributed by atoms with Crippen LogP contribution in [0.5, 0.6) is 0 Å². The van der Waals surface area contributed by atoms with Crippen molar-refractivity contribution in [3.05, 3.63) is 48.0 Å². The number of alkyl halides is 1. The Labute approximate surface area is 106 Å². The van der Waals surface area contributed by atoms with Crippen LogP contribution in [0, 0.1) is 0 Å². The summed E-state index contributed by atoms with van der Waals surface area (Å²) in [6, 6.07) is 8.18. The Kier molecular flexibility index (Phi) is 4.04. The van der Waals surface area contributed by atoms with Gasteiger partial charge in [0.25, 0.3) is 0 Å². The SMILES string of the molecule is Cn1ccnc1CCNc1ccc(CCl)cc1. The minimum atomic E-state index is 0.563. The van der Waals surface area contributed by atoms with Crippen LogP contribution in [0.4, 0.5) is 5.69 Å². The van der Waals surface area contributed by atoms with Gasteiger partial charge in [-0.25, -0.2) is 4.98 Å². The molecule has 1 aromatic carbocycles. The monoisotopic (exact) mass is 249 g/mol. The first-order valence-corrected chi connectivity index (χ1v) is 6.18. The van der Waals surface area contributed by atoms with E-state index in [1.54, 1.807) is 0 Å². The van der Waals surface area contributed by atoms with E-state index >= 15 is 0 Å². The number of imidazole rings is 1. The quantitative estimate of drug-likeness (QED) is 0.826. The van der Waals surface area contributed by atoms with E-state index in [0.29, 0.717) is 5.88 Å². The highest BCUT2D eigenvalue weighted by molar-refractivity contribution is 6.17. The van der Waals surface area contributed by atoms with Gasteiger partial charge in [0.1, 0.15) is 5.82 Å². The highest BCUT2D eigenvalue weighted by Crippen LogP contribution is 2.11. The molecule has 0 spiro atoms. The topological polar surface area (TPSA) is 29.9 Å². The van der Waals surface area contributed by atoms with Gasteiger partial charge < -0.3 is 9.88 Å². The molecular formula is C13H16ClN3. The average molecular weight is 250 g/mol. The lowest BCUT2D eigenvalue weighted by atomic mass is 10.2. The standard InChI is InChI=1S/C13H16ClN3/c1-17-9-8-16-13(17)6-7-15-12-4-2-11(10-14)3-5-12/h2-5,8-9,15H,6-7,10H2,1H3. The van der Waals surface area contributed by atoms with E-state index in [1.807, 2.05) is 36.1 Å². The van der Waals surface area contributed by atoms with Crippen molar-refractivity contribution in [2.75, 3.05) is 11.9 Å². The molecule has 1 heterocycles. The number of hydrogen-bond acceptors (Lipinski definition) is 2. The molecule has 0 saturated heterocycles. The third-order valence-electron chi connectivity index (χ3n) is 2.71. The van der Waals surface area contributed by atoms with Crippen molar-refractivity contribution in [2.45, 2.75) is 12.3 Å². The number of nitrogens with zero attached hydrogens (tertiary/aromatic N) is 2. The Bertz CT molecular complexity index is 462. The molecule has 2 rings (SSSR count). The maximum atomic E-state index is 5.74. The molecule has 90 valence electrons. The molecule has 0 aliphatic carbocycles. The van der Waals surface area contributed by atoms with Gasteiger partial charge in [0.2, 0.25) is 0 Å². The molecular weight excluding hydrogens is 234 g/mol. The van der Waals surface area contributed by atoms with Crippen LogP contribution < -0.4 is 5.32 Å². The van der Waals surface area contributed by atoms with Gasteiger partial charge in [-0.15, -0.1) is 11.6 Å². The molecule has 1 aromatic heterocycles. The lowest BCUT2D eigenvalue weighted by Crippen LogP contribution is -2.08. The minimum Gasteiger partial charge on any atom is -0.385 e. The number of aromatic nitrogens is 2. The lowest BCUT2D eigenvalue weighted by Gasteiger charge is -2.07. The van der Waals surface area contributed by atoms with Crippen LogP contribution >= 0.6 is 11.6 Å². The molecule has 0 saturated carbocycles. The number of benzene rings is 1. The van der Waals surface area contributed by atoms with Crippen molar-refractivity contribution in [1.82, 2.24) is 9.55 Å². The Morgan fingerprint density at radius 1 is 1.29 bits per heavy atom. The van der Waals surface area contributed by atoms with Gasteiger partial charge in [0.05, 0.1) is 0 Å². The van der Waals surface area contributed by atoms with Crippen molar-refractivity contribution in [2.24, 2.45) is 7.05 Å². The average Bonchev–Trinajstić information content (AvgIpc) is 2.76. The van der Waals surface area contributed by atoms with Crippen LogP contribution in [0.1, 0.15) is 11.4 Å². The van der Waals surface area contributed by atoms with Crippen LogP contribution in [0.15, 0.2) is 36.7 Å². The van der Waals surface area contributed by atoms with E-state index < -0.39 is 0 Å². The van der Waals surface area contributed by atoms with Crippen LogP contribution in [0.3, 0.4) is 0 Å². The number of anilines is 1. The van der Waals surface area contributed by atoms with E-state index in [-0.39, 0.29) is 0 Å². The second-order valence-corrected chi connectivity index (χ2v) is 4.23. The lowest BCUT2D eigenvalue weighted by molar-refractivity contribution is 0.789.